The number of ether oxygens (including phenoxy) is 2. The van der Waals surface area contributed by atoms with Gasteiger partial charge >= 0.3 is 35.8 Å². The summed E-state index contributed by atoms with van der Waals surface area (Å²) in [4.78, 5) is 72.9. The molecule has 206 valence electrons. The van der Waals surface area contributed by atoms with Gasteiger partial charge in [0.1, 0.15) is 6.04 Å². The third-order valence-corrected chi connectivity index (χ3v) is 4.77. The predicted octanol–water partition coefficient (Wildman–Crippen LogP) is -1.49. The Morgan fingerprint density at radius 1 is 0.639 bits per heavy atom. The first-order chi connectivity index (χ1) is 16.9. The van der Waals surface area contributed by atoms with Crippen LogP contribution in [0.1, 0.15) is 26.7 Å². The predicted molar refractivity (Wildman–Crippen MR) is 121 cm³/mol. The number of aliphatic carboxylic acids is 4. The van der Waals surface area contributed by atoms with Crippen molar-refractivity contribution in [2.45, 2.75) is 32.7 Å². The Balaban J connectivity index is 5.85. The molecule has 0 aliphatic heterocycles. The van der Waals surface area contributed by atoms with Crippen LogP contribution < -0.4 is 0 Å². The van der Waals surface area contributed by atoms with Crippen molar-refractivity contribution in [3.05, 3.63) is 0 Å². The zero-order valence-corrected chi connectivity index (χ0v) is 20.5. The van der Waals surface area contributed by atoms with Gasteiger partial charge in [-0.05, 0) is 20.3 Å². The molecule has 0 saturated heterocycles. The molecular formula is C21H35N3O12. The number of rotatable bonds is 21. The van der Waals surface area contributed by atoms with E-state index in [0.29, 0.717) is 0 Å². The Bertz CT molecular complexity index is 688. The molecular weight excluding hydrogens is 486 g/mol. The van der Waals surface area contributed by atoms with Gasteiger partial charge in [0.2, 0.25) is 0 Å². The van der Waals surface area contributed by atoms with E-state index in [1.54, 1.807) is 13.8 Å². The van der Waals surface area contributed by atoms with Gasteiger partial charge in [-0.25, -0.2) is 0 Å². The molecule has 0 saturated carbocycles. The van der Waals surface area contributed by atoms with Crippen molar-refractivity contribution in [3.8, 4) is 0 Å². The molecule has 15 heteroatoms. The number of carbonyl (C=O) groups is 6. The van der Waals surface area contributed by atoms with E-state index in [4.69, 9.17) is 29.9 Å². The first-order valence-electron chi connectivity index (χ1n) is 11.3. The molecule has 1 atom stereocenters. The van der Waals surface area contributed by atoms with Gasteiger partial charge in [-0.3, -0.25) is 43.5 Å². The second-order valence-electron chi connectivity index (χ2n) is 7.64. The van der Waals surface area contributed by atoms with E-state index >= 15 is 0 Å². The first-order valence-corrected chi connectivity index (χ1v) is 11.3. The monoisotopic (exact) mass is 521 g/mol. The summed E-state index contributed by atoms with van der Waals surface area (Å²) in [5.41, 5.74) is 0. The summed E-state index contributed by atoms with van der Waals surface area (Å²) in [5, 5.41) is 36.3. The summed E-state index contributed by atoms with van der Waals surface area (Å²) in [6.07, 6.45) is -0.205. The molecule has 0 heterocycles. The number of esters is 2. The normalized spacial score (nSPS) is 11.9. The number of carboxylic acid groups (broad SMARTS) is 4. The van der Waals surface area contributed by atoms with Gasteiger partial charge in [0.15, 0.2) is 0 Å². The van der Waals surface area contributed by atoms with E-state index in [1.807, 2.05) is 0 Å². The maximum absolute atomic E-state index is 12.7. The van der Waals surface area contributed by atoms with E-state index in [-0.39, 0.29) is 52.2 Å². The fourth-order valence-electron chi connectivity index (χ4n) is 3.33. The topological polar surface area (TPSA) is 212 Å². The molecule has 0 bridgehead atoms. The van der Waals surface area contributed by atoms with E-state index in [9.17, 15) is 28.8 Å². The molecule has 0 aliphatic carbocycles. The summed E-state index contributed by atoms with van der Waals surface area (Å²) >= 11 is 0. The van der Waals surface area contributed by atoms with Gasteiger partial charge in [0.05, 0.1) is 39.4 Å². The fourth-order valence-corrected chi connectivity index (χ4v) is 3.33. The van der Waals surface area contributed by atoms with Crippen LogP contribution in [0.15, 0.2) is 0 Å². The van der Waals surface area contributed by atoms with Gasteiger partial charge in [0.25, 0.3) is 0 Å². The fraction of sp³-hybridized carbons (Fsp3) is 0.714. The highest BCUT2D eigenvalue weighted by atomic mass is 16.5. The van der Waals surface area contributed by atoms with Gasteiger partial charge in [-0.2, -0.15) is 0 Å². The average Bonchev–Trinajstić information content (AvgIpc) is 2.73. The zero-order valence-electron chi connectivity index (χ0n) is 20.5. The number of nitrogens with zero attached hydrogens (tertiary/aromatic N) is 3. The van der Waals surface area contributed by atoms with Crippen molar-refractivity contribution in [1.82, 2.24) is 14.7 Å². The van der Waals surface area contributed by atoms with Gasteiger partial charge in [0, 0.05) is 32.6 Å². The lowest BCUT2D eigenvalue weighted by Gasteiger charge is -2.33. The minimum atomic E-state index is -1.26. The van der Waals surface area contributed by atoms with Crippen LogP contribution in [0, 0.1) is 0 Å². The van der Waals surface area contributed by atoms with Crippen LogP contribution in [-0.2, 0) is 38.2 Å². The van der Waals surface area contributed by atoms with E-state index in [0.717, 1.165) is 9.80 Å². The maximum atomic E-state index is 12.7. The molecule has 0 rings (SSSR count). The van der Waals surface area contributed by atoms with Gasteiger partial charge in [-0.15, -0.1) is 0 Å². The highest BCUT2D eigenvalue weighted by Gasteiger charge is 2.29. The van der Waals surface area contributed by atoms with Crippen LogP contribution in [0.2, 0.25) is 0 Å². The van der Waals surface area contributed by atoms with Crippen LogP contribution in [0.3, 0.4) is 0 Å². The molecule has 0 radical (unpaired) electrons. The minimum absolute atomic E-state index is 0.0247. The average molecular weight is 522 g/mol. The van der Waals surface area contributed by atoms with Crippen LogP contribution in [-0.4, -0.2) is 143 Å². The summed E-state index contributed by atoms with van der Waals surface area (Å²) in [6.45, 7) is 0.684. The smallest absolute Gasteiger partial charge is 0.323 e. The van der Waals surface area contributed by atoms with Crippen molar-refractivity contribution < 1.29 is 58.7 Å². The molecule has 0 aromatic carbocycles. The number of hydrogen-bond acceptors (Lipinski definition) is 11. The molecule has 36 heavy (non-hydrogen) atoms. The van der Waals surface area contributed by atoms with Gasteiger partial charge in [-0.1, -0.05) is 0 Å². The standard InChI is InChI=1S/C21H35N3O12/c1-3-35-20(33)6-5-15(21(34)36-4-2)24(9-7-22(11-16(25)26)12-17(27)28)10-8-23(13-18(29)30)14-19(31)32/h15H,3-14H2,1-2H3,(H,25,26)(H,27,28)(H,29,30)(H,31,32)/t15-/m0/s1. The first kappa shape index (κ1) is 32.7. The third-order valence-electron chi connectivity index (χ3n) is 4.77. The largest absolute Gasteiger partial charge is 0.480 e. The van der Waals surface area contributed by atoms with Crippen molar-refractivity contribution in [1.29, 1.82) is 0 Å². The lowest BCUT2D eigenvalue weighted by molar-refractivity contribution is -0.152. The Labute approximate surface area is 208 Å². The maximum Gasteiger partial charge on any atom is 0.323 e. The SMILES string of the molecule is CCOC(=O)CC[C@@H](C(=O)OCC)N(CCN(CC(=O)O)CC(=O)O)CCN(CC(=O)O)CC(=O)O. The molecule has 4 N–H and O–H groups in total. The quantitative estimate of drug-likeness (QED) is 0.127. The Morgan fingerprint density at radius 2 is 1.03 bits per heavy atom. The van der Waals surface area contributed by atoms with E-state index in [1.165, 1.54) is 4.90 Å². The van der Waals surface area contributed by atoms with E-state index < -0.39 is 68.0 Å². The highest BCUT2D eigenvalue weighted by molar-refractivity contribution is 5.77. The Morgan fingerprint density at radius 3 is 1.36 bits per heavy atom. The molecule has 0 aromatic rings. The second-order valence-corrected chi connectivity index (χ2v) is 7.64. The molecule has 0 amide bonds. The van der Waals surface area contributed by atoms with Crippen molar-refractivity contribution in [2.24, 2.45) is 0 Å². The summed E-state index contributed by atoms with van der Waals surface area (Å²) < 4.78 is 10.0. The summed E-state index contributed by atoms with van der Waals surface area (Å²) in [5.74, 6) is -6.32. The third kappa shape index (κ3) is 15.6. The molecule has 0 unspecified atom stereocenters. The van der Waals surface area contributed by atoms with Crippen LogP contribution >= 0.6 is 0 Å². The molecule has 0 fully saturated rings. The number of carboxylic acids is 4. The highest BCUT2D eigenvalue weighted by Crippen LogP contribution is 2.12. The number of hydrogen-bond donors (Lipinski definition) is 4. The molecule has 15 nitrogen and oxygen atoms in total. The Hall–Kier alpha value is -3.30. The second kappa shape index (κ2) is 18.0. The van der Waals surface area contributed by atoms with Crippen LogP contribution in [0.25, 0.3) is 0 Å². The Kier molecular flexibility index (Phi) is 16.4. The summed E-state index contributed by atoms with van der Waals surface area (Å²) in [7, 11) is 0. The molecule has 0 aliphatic rings. The van der Waals surface area contributed by atoms with Gasteiger partial charge < -0.3 is 29.9 Å². The lowest BCUT2D eigenvalue weighted by atomic mass is 10.1. The summed E-state index contributed by atoms with van der Waals surface area (Å²) in [6, 6.07) is -1.04. The van der Waals surface area contributed by atoms with Crippen LogP contribution in [0.5, 0.6) is 0 Å². The van der Waals surface area contributed by atoms with E-state index in [2.05, 4.69) is 0 Å². The minimum Gasteiger partial charge on any atom is -0.480 e. The molecule has 0 spiro atoms. The van der Waals surface area contributed by atoms with Crippen molar-refractivity contribution >= 4 is 35.8 Å². The van der Waals surface area contributed by atoms with Crippen molar-refractivity contribution in [3.63, 3.8) is 0 Å². The zero-order chi connectivity index (χ0) is 27.7. The molecule has 0 aromatic heterocycles. The van der Waals surface area contributed by atoms with Crippen LogP contribution in [0.4, 0.5) is 0 Å². The number of carbonyl (C=O) groups excluding carboxylic acids is 2. The van der Waals surface area contributed by atoms with Crippen molar-refractivity contribution in [2.75, 3.05) is 65.6 Å². The lowest BCUT2D eigenvalue weighted by Crippen LogP contribution is -2.50.